The SMILES string of the molecule is NC(=O)c1ccc(-c2nc3cc(C(=O)CCCCn4ccnc4)ccc3nc2-c2ccccc2)cc1. The zero-order chi connectivity index (χ0) is 24.9. The van der Waals surface area contributed by atoms with E-state index in [0.717, 1.165) is 36.2 Å². The monoisotopic (exact) mass is 475 g/mol. The Kier molecular flexibility index (Phi) is 6.62. The van der Waals surface area contributed by atoms with Crippen LogP contribution < -0.4 is 5.73 Å². The Hall–Kier alpha value is -4.65. The lowest BCUT2D eigenvalue weighted by Gasteiger charge is -2.12. The summed E-state index contributed by atoms with van der Waals surface area (Å²) in [7, 11) is 0. The van der Waals surface area contributed by atoms with Crippen LogP contribution in [0.1, 0.15) is 40.0 Å². The minimum Gasteiger partial charge on any atom is -0.366 e. The summed E-state index contributed by atoms with van der Waals surface area (Å²) in [5, 5.41) is 0. The molecule has 2 heterocycles. The van der Waals surface area contributed by atoms with E-state index in [1.807, 2.05) is 71.4 Å². The van der Waals surface area contributed by atoms with Gasteiger partial charge in [-0.25, -0.2) is 15.0 Å². The standard InChI is InChI=1S/C29H25N5O2/c30-29(36)22-11-9-21(10-12-22)28-27(20-6-2-1-3-7-20)32-24-14-13-23(18-25(24)33-28)26(35)8-4-5-16-34-17-15-31-19-34/h1-3,6-7,9-15,17-19H,4-5,8,16H2,(H2,30,36). The van der Waals surface area contributed by atoms with Gasteiger partial charge in [0.2, 0.25) is 5.91 Å². The van der Waals surface area contributed by atoms with Gasteiger partial charge in [-0.1, -0.05) is 42.5 Å². The van der Waals surface area contributed by atoms with Crippen molar-refractivity contribution in [3.05, 3.63) is 103 Å². The van der Waals surface area contributed by atoms with Crippen LogP contribution in [-0.4, -0.2) is 31.2 Å². The van der Waals surface area contributed by atoms with Crippen molar-refractivity contribution in [2.24, 2.45) is 5.73 Å². The molecular formula is C29H25N5O2. The molecular weight excluding hydrogens is 450 g/mol. The van der Waals surface area contributed by atoms with Crippen LogP contribution in [0.25, 0.3) is 33.5 Å². The van der Waals surface area contributed by atoms with Crippen LogP contribution in [0.15, 0.2) is 91.5 Å². The van der Waals surface area contributed by atoms with Crippen molar-refractivity contribution >= 4 is 22.7 Å². The van der Waals surface area contributed by atoms with Crippen molar-refractivity contribution in [1.82, 2.24) is 19.5 Å². The molecule has 178 valence electrons. The maximum Gasteiger partial charge on any atom is 0.248 e. The first-order chi connectivity index (χ1) is 17.6. The summed E-state index contributed by atoms with van der Waals surface area (Å²) in [5.74, 6) is -0.397. The number of benzene rings is 3. The van der Waals surface area contributed by atoms with E-state index in [4.69, 9.17) is 15.7 Å². The summed E-state index contributed by atoms with van der Waals surface area (Å²) in [5.41, 5.74) is 11.0. The highest BCUT2D eigenvalue weighted by atomic mass is 16.1. The van der Waals surface area contributed by atoms with Gasteiger partial charge in [0.1, 0.15) is 0 Å². The van der Waals surface area contributed by atoms with Crippen LogP contribution in [0.3, 0.4) is 0 Å². The first-order valence-corrected chi connectivity index (χ1v) is 11.8. The molecule has 0 atom stereocenters. The Morgan fingerprint density at radius 3 is 2.17 bits per heavy atom. The summed E-state index contributed by atoms with van der Waals surface area (Å²) in [4.78, 5) is 38.3. The van der Waals surface area contributed by atoms with Gasteiger partial charge < -0.3 is 10.3 Å². The molecule has 0 spiro atoms. The summed E-state index contributed by atoms with van der Waals surface area (Å²) in [6, 6.07) is 22.3. The lowest BCUT2D eigenvalue weighted by atomic mass is 10.0. The molecule has 5 aromatic rings. The molecule has 0 fully saturated rings. The average molecular weight is 476 g/mol. The van der Waals surface area contributed by atoms with E-state index in [1.165, 1.54) is 0 Å². The number of primary amides is 1. The van der Waals surface area contributed by atoms with Crippen molar-refractivity contribution in [3.63, 3.8) is 0 Å². The van der Waals surface area contributed by atoms with Gasteiger partial charge in [0, 0.05) is 47.6 Å². The van der Waals surface area contributed by atoms with Crippen LogP contribution in [0, 0.1) is 0 Å². The first-order valence-electron chi connectivity index (χ1n) is 11.8. The fourth-order valence-electron chi connectivity index (χ4n) is 4.16. The summed E-state index contributed by atoms with van der Waals surface area (Å²) in [6.07, 6.45) is 7.63. The summed E-state index contributed by atoms with van der Waals surface area (Å²) in [6.45, 7) is 0.844. The number of carbonyl (C=O) groups is 2. The number of nitrogens with two attached hydrogens (primary N) is 1. The van der Waals surface area contributed by atoms with E-state index in [0.29, 0.717) is 34.3 Å². The lowest BCUT2D eigenvalue weighted by Crippen LogP contribution is -2.10. The number of carbonyl (C=O) groups excluding carboxylic acids is 2. The molecule has 0 bridgehead atoms. The molecule has 7 nitrogen and oxygen atoms in total. The van der Waals surface area contributed by atoms with Crippen molar-refractivity contribution in [1.29, 1.82) is 0 Å². The Morgan fingerprint density at radius 1 is 0.778 bits per heavy atom. The number of unbranched alkanes of at least 4 members (excludes halogenated alkanes) is 1. The highest BCUT2D eigenvalue weighted by Crippen LogP contribution is 2.31. The molecule has 0 aliphatic heterocycles. The summed E-state index contributed by atoms with van der Waals surface area (Å²) >= 11 is 0. The van der Waals surface area contributed by atoms with Crippen LogP contribution in [0.2, 0.25) is 0 Å². The first kappa shape index (κ1) is 23.1. The predicted octanol–water partition coefficient (Wildman–Crippen LogP) is 5.31. The Labute approximate surface area is 208 Å². The zero-order valence-electron chi connectivity index (χ0n) is 19.7. The Morgan fingerprint density at radius 2 is 1.47 bits per heavy atom. The number of nitrogens with zero attached hydrogens (tertiary/aromatic N) is 4. The van der Waals surface area contributed by atoms with Crippen LogP contribution in [0.4, 0.5) is 0 Å². The smallest absolute Gasteiger partial charge is 0.248 e. The number of rotatable bonds is 9. The molecule has 1 amide bonds. The van der Waals surface area contributed by atoms with Crippen LogP contribution in [-0.2, 0) is 6.54 Å². The zero-order valence-corrected chi connectivity index (χ0v) is 19.7. The number of Topliss-reactive ketones (excluding diaryl/α,β-unsaturated/α-hetero) is 1. The molecule has 2 aromatic heterocycles. The third-order valence-electron chi connectivity index (χ3n) is 6.11. The number of fused-ring (bicyclic) bond motifs is 1. The second-order valence-corrected chi connectivity index (χ2v) is 8.61. The van der Waals surface area contributed by atoms with Crippen molar-refractivity contribution in [2.45, 2.75) is 25.8 Å². The second-order valence-electron chi connectivity index (χ2n) is 8.61. The van der Waals surface area contributed by atoms with Gasteiger partial charge in [0.15, 0.2) is 5.78 Å². The Bertz CT molecular complexity index is 1510. The van der Waals surface area contributed by atoms with Crippen molar-refractivity contribution in [2.75, 3.05) is 0 Å². The molecule has 0 unspecified atom stereocenters. The molecule has 0 aliphatic carbocycles. The van der Waals surface area contributed by atoms with E-state index < -0.39 is 5.91 Å². The van der Waals surface area contributed by atoms with Crippen molar-refractivity contribution in [3.8, 4) is 22.5 Å². The quantitative estimate of drug-likeness (QED) is 0.230. The number of imidazole rings is 1. The highest BCUT2D eigenvalue weighted by molar-refractivity contribution is 5.99. The largest absolute Gasteiger partial charge is 0.366 e. The molecule has 7 heteroatoms. The number of hydrogen-bond acceptors (Lipinski definition) is 5. The second kappa shape index (κ2) is 10.3. The molecule has 0 saturated heterocycles. The molecule has 0 saturated carbocycles. The van der Waals surface area contributed by atoms with E-state index in [-0.39, 0.29) is 5.78 Å². The predicted molar refractivity (Wildman–Crippen MR) is 139 cm³/mol. The molecule has 3 aromatic carbocycles. The van der Waals surface area contributed by atoms with Gasteiger partial charge in [0.05, 0.1) is 28.7 Å². The normalized spacial score (nSPS) is 11.0. The molecule has 2 N–H and O–H groups in total. The van der Waals surface area contributed by atoms with Gasteiger partial charge in [-0.3, -0.25) is 9.59 Å². The van der Waals surface area contributed by atoms with E-state index >= 15 is 0 Å². The lowest BCUT2D eigenvalue weighted by molar-refractivity contribution is 0.0976. The summed E-state index contributed by atoms with van der Waals surface area (Å²) < 4.78 is 2.01. The third kappa shape index (κ3) is 5.05. The number of ketones is 1. The maximum atomic E-state index is 12.9. The van der Waals surface area contributed by atoms with E-state index in [9.17, 15) is 9.59 Å². The Balaban J connectivity index is 1.45. The van der Waals surface area contributed by atoms with Gasteiger partial charge in [0.25, 0.3) is 0 Å². The van der Waals surface area contributed by atoms with Crippen molar-refractivity contribution < 1.29 is 9.59 Å². The van der Waals surface area contributed by atoms with Gasteiger partial charge in [-0.05, 0) is 43.2 Å². The fourth-order valence-corrected chi connectivity index (χ4v) is 4.16. The third-order valence-corrected chi connectivity index (χ3v) is 6.11. The maximum absolute atomic E-state index is 12.9. The van der Waals surface area contributed by atoms with E-state index in [1.54, 1.807) is 24.7 Å². The van der Waals surface area contributed by atoms with E-state index in [2.05, 4.69) is 4.98 Å². The molecule has 0 radical (unpaired) electrons. The fraction of sp³-hybridized carbons (Fsp3) is 0.138. The molecule has 0 aliphatic rings. The van der Waals surface area contributed by atoms with Gasteiger partial charge in [-0.15, -0.1) is 0 Å². The number of aryl methyl sites for hydroxylation is 1. The topological polar surface area (TPSA) is 104 Å². The molecule has 36 heavy (non-hydrogen) atoms. The number of hydrogen-bond donors (Lipinski definition) is 1. The number of aromatic nitrogens is 4. The highest BCUT2D eigenvalue weighted by Gasteiger charge is 2.15. The van der Waals surface area contributed by atoms with Gasteiger partial charge >= 0.3 is 0 Å². The van der Waals surface area contributed by atoms with Crippen LogP contribution in [0.5, 0.6) is 0 Å². The van der Waals surface area contributed by atoms with Crippen LogP contribution >= 0.6 is 0 Å². The minimum atomic E-state index is -0.484. The minimum absolute atomic E-state index is 0.0869. The molecule has 5 rings (SSSR count). The average Bonchev–Trinajstić information content (AvgIpc) is 3.44. The van der Waals surface area contributed by atoms with Gasteiger partial charge in [-0.2, -0.15) is 0 Å². The number of amides is 1.